The maximum atomic E-state index is 13.2. The molecule has 168 valence electrons. The second kappa shape index (κ2) is 9.90. The standard InChI is InChI=1S/C22H14Br2N2O4S3/c23-21-7-1-13(31-21)11-25-17-9-15(3-5-19(17)27)33(29,30)16-4-6-20(28)18(10-16)26-12-14-2-8-22(24)32-14/h1-12,27-28H. The summed E-state index contributed by atoms with van der Waals surface area (Å²) in [4.78, 5) is 10.1. The summed E-state index contributed by atoms with van der Waals surface area (Å²) in [5, 5.41) is 20.3. The van der Waals surface area contributed by atoms with E-state index in [0.717, 1.165) is 17.3 Å². The van der Waals surface area contributed by atoms with Crippen LogP contribution in [0.4, 0.5) is 11.4 Å². The molecule has 2 aromatic carbocycles. The normalized spacial score (nSPS) is 12.2. The molecule has 0 saturated carbocycles. The van der Waals surface area contributed by atoms with Crippen molar-refractivity contribution in [3.63, 3.8) is 0 Å². The van der Waals surface area contributed by atoms with Crippen molar-refractivity contribution in [2.24, 2.45) is 9.98 Å². The van der Waals surface area contributed by atoms with Gasteiger partial charge in [-0.25, -0.2) is 8.42 Å². The number of aliphatic imine (C=N–C) groups is 2. The van der Waals surface area contributed by atoms with Crippen LogP contribution in [0.1, 0.15) is 9.75 Å². The Labute approximate surface area is 214 Å². The SMILES string of the molecule is O=S(=O)(c1ccc(O)c(N=Cc2ccc(Br)s2)c1)c1ccc(O)c(N=Cc2ccc(Br)s2)c1. The quantitative estimate of drug-likeness (QED) is 0.224. The molecule has 0 aliphatic rings. The third-order valence-corrected chi connectivity index (χ3v) is 9.23. The van der Waals surface area contributed by atoms with E-state index >= 15 is 0 Å². The number of phenolic OH excluding ortho intramolecular Hbond substituents is 2. The Kier molecular flexibility index (Phi) is 7.15. The van der Waals surface area contributed by atoms with Gasteiger partial charge in [0.15, 0.2) is 0 Å². The van der Waals surface area contributed by atoms with Crippen molar-refractivity contribution in [2.45, 2.75) is 9.79 Å². The van der Waals surface area contributed by atoms with Crippen LogP contribution in [0.15, 0.2) is 88.0 Å². The molecule has 0 unspecified atom stereocenters. The van der Waals surface area contributed by atoms with Crippen LogP contribution < -0.4 is 0 Å². The van der Waals surface area contributed by atoms with Crippen LogP contribution >= 0.6 is 54.5 Å². The highest BCUT2D eigenvalue weighted by atomic mass is 79.9. The molecule has 11 heteroatoms. The minimum Gasteiger partial charge on any atom is -0.506 e. The summed E-state index contributed by atoms with van der Waals surface area (Å²) in [7, 11) is -3.95. The van der Waals surface area contributed by atoms with Gasteiger partial charge >= 0.3 is 0 Å². The molecule has 0 atom stereocenters. The first-order chi connectivity index (χ1) is 15.7. The largest absolute Gasteiger partial charge is 0.506 e. The van der Waals surface area contributed by atoms with Gasteiger partial charge in [-0.05, 0) is 92.5 Å². The Bertz CT molecular complexity index is 1390. The van der Waals surface area contributed by atoms with Crippen LogP contribution in [0.5, 0.6) is 11.5 Å². The van der Waals surface area contributed by atoms with Gasteiger partial charge in [-0.3, -0.25) is 9.98 Å². The number of sulfone groups is 1. The molecule has 0 spiro atoms. The lowest BCUT2D eigenvalue weighted by Gasteiger charge is -2.08. The summed E-state index contributed by atoms with van der Waals surface area (Å²) in [5.74, 6) is -0.280. The van der Waals surface area contributed by atoms with Crippen LogP contribution in [0.3, 0.4) is 0 Å². The number of nitrogens with zero attached hydrogens (tertiary/aromatic N) is 2. The van der Waals surface area contributed by atoms with Crippen LogP contribution in [-0.2, 0) is 9.84 Å². The molecule has 33 heavy (non-hydrogen) atoms. The first-order valence-corrected chi connectivity index (χ1v) is 13.9. The first-order valence-electron chi connectivity index (χ1n) is 9.22. The number of aromatic hydroxyl groups is 2. The monoisotopic (exact) mass is 624 g/mol. The predicted octanol–water partition coefficient (Wildman–Crippen LogP) is 7.08. The number of hydrogen-bond acceptors (Lipinski definition) is 8. The summed E-state index contributed by atoms with van der Waals surface area (Å²) >= 11 is 9.65. The number of halogens is 2. The molecule has 0 aliphatic carbocycles. The fraction of sp³-hybridized carbons (Fsp3) is 0. The lowest BCUT2D eigenvalue weighted by molar-refractivity contribution is 0.476. The number of rotatable bonds is 6. The third-order valence-electron chi connectivity index (χ3n) is 4.36. The van der Waals surface area contributed by atoms with Gasteiger partial charge in [-0.1, -0.05) is 0 Å². The van der Waals surface area contributed by atoms with Crippen molar-refractivity contribution in [3.05, 3.63) is 78.0 Å². The summed E-state index contributed by atoms with van der Waals surface area (Å²) in [5.41, 5.74) is 0.252. The van der Waals surface area contributed by atoms with E-state index in [1.807, 2.05) is 24.3 Å². The predicted molar refractivity (Wildman–Crippen MR) is 140 cm³/mol. The van der Waals surface area contributed by atoms with Gasteiger partial charge in [0.2, 0.25) is 9.84 Å². The average molecular weight is 626 g/mol. The lowest BCUT2D eigenvalue weighted by Crippen LogP contribution is -2.01. The maximum Gasteiger partial charge on any atom is 0.206 e. The zero-order chi connectivity index (χ0) is 23.6. The highest BCUT2D eigenvalue weighted by Crippen LogP contribution is 2.35. The molecule has 0 bridgehead atoms. The molecule has 4 aromatic rings. The molecule has 6 nitrogen and oxygen atoms in total. The minimum absolute atomic E-state index is 0.0392. The topological polar surface area (TPSA) is 99.3 Å². The molecular formula is C22H14Br2N2O4S3. The van der Waals surface area contributed by atoms with Gasteiger partial charge < -0.3 is 10.2 Å². The molecule has 2 aromatic heterocycles. The van der Waals surface area contributed by atoms with E-state index in [1.165, 1.54) is 59.1 Å². The maximum absolute atomic E-state index is 13.2. The molecule has 4 rings (SSSR count). The smallest absolute Gasteiger partial charge is 0.206 e. The Balaban J connectivity index is 1.66. The van der Waals surface area contributed by atoms with Crippen LogP contribution in [0, 0.1) is 0 Å². The summed E-state index contributed by atoms with van der Waals surface area (Å²) in [6.07, 6.45) is 3.11. The first kappa shape index (κ1) is 23.8. The van der Waals surface area contributed by atoms with Gasteiger partial charge in [-0.2, -0.15) is 0 Å². The van der Waals surface area contributed by atoms with Crippen LogP contribution in [-0.4, -0.2) is 31.1 Å². The zero-order valence-electron chi connectivity index (χ0n) is 16.5. The molecule has 0 amide bonds. The second-order valence-electron chi connectivity index (χ2n) is 6.60. The molecule has 0 saturated heterocycles. The van der Waals surface area contributed by atoms with E-state index in [1.54, 1.807) is 12.4 Å². The van der Waals surface area contributed by atoms with E-state index in [-0.39, 0.29) is 32.7 Å². The van der Waals surface area contributed by atoms with E-state index < -0.39 is 9.84 Å². The molecule has 0 radical (unpaired) electrons. The number of benzene rings is 2. The summed E-state index contributed by atoms with van der Waals surface area (Å²) in [6, 6.07) is 15.3. The lowest BCUT2D eigenvalue weighted by atomic mass is 10.3. The minimum atomic E-state index is -3.95. The molecule has 0 fully saturated rings. The van der Waals surface area contributed by atoms with Crippen molar-refractivity contribution in [1.29, 1.82) is 0 Å². The van der Waals surface area contributed by atoms with Crippen molar-refractivity contribution in [2.75, 3.05) is 0 Å². The fourth-order valence-electron chi connectivity index (χ4n) is 2.75. The number of hydrogen-bond donors (Lipinski definition) is 2. The molecule has 2 heterocycles. The fourth-order valence-corrected chi connectivity index (χ4v) is 6.64. The number of phenols is 2. The Morgan fingerprint density at radius 3 is 1.48 bits per heavy atom. The highest BCUT2D eigenvalue weighted by Gasteiger charge is 2.20. The van der Waals surface area contributed by atoms with E-state index in [4.69, 9.17) is 0 Å². The Morgan fingerprint density at radius 2 is 1.12 bits per heavy atom. The van der Waals surface area contributed by atoms with Crippen LogP contribution in [0.25, 0.3) is 0 Å². The van der Waals surface area contributed by atoms with Gasteiger partial charge in [0, 0.05) is 22.2 Å². The van der Waals surface area contributed by atoms with Gasteiger partial charge in [0.05, 0.1) is 17.4 Å². The Hall–Kier alpha value is -2.31. The highest BCUT2D eigenvalue weighted by molar-refractivity contribution is 9.11. The zero-order valence-corrected chi connectivity index (χ0v) is 22.1. The van der Waals surface area contributed by atoms with Crippen molar-refractivity contribution in [1.82, 2.24) is 0 Å². The van der Waals surface area contributed by atoms with Gasteiger partial charge in [0.1, 0.15) is 22.9 Å². The molecule has 2 N–H and O–H groups in total. The van der Waals surface area contributed by atoms with E-state index in [9.17, 15) is 18.6 Å². The Morgan fingerprint density at radius 1 is 0.697 bits per heavy atom. The van der Waals surface area contributed by atoms with Gasteiger partial charge in [0.25, 0.3) is 0 Å². The van der Waals surface area contributed by atoms with Gasteiger partial charge in [-0.15, -0.1) is 22.7 Å². The van der Waals surface area contributed by atoms with Crippen molar-refractivity contribution < 1.29 is 18.6 Å². The van der Waals surface area contributed by atoms with Crippen molar-refractivity contribution in [3.8, 4) is 11.5 Å². The van der Waals surface area contributed by atoms with Crippen LogP contribution in [0.2, 0.25) is 0 Å². The van der Waals surface area contributed by atoms with Crippen molar-refractivity contribution >= 4 is 88.2 Å². The van der Waals surface area contributed by atoms with E-state index in [2.05, 4.69) is 41.8 Å². The second-order valence-corrected chi connectivity index (χ2v) is 13.5. The van der Waals surface area contributed by atoms with E-state index in [0.29, 0.717) is 0 Å². The number of thiophene rings is 2. The average Bonchev–Trinajstić information content (AvgIpc) is 3.39. The molecule has 0 aliphatic heterocycles. The summed E-state index contributed by atoms with van der Waals surface area (Å²) in [6.45, 7) is 0. The summed E-state index contributed by atoms with van der Waals surface area (Å²) < 4.78 is 28.3. The molecular weight excluding hydrogens is 612 g/mol. The third kappa shape index (κ3) is 5.61.